The van der Waals surface area contributed by atoms with Crippen molar-refractivity contribution in [1.82, 2.24) is 0 Å². The summed E-state index contributed by atoms with van der Waals surface area (Å²) >= 11 is 0. The Morgan fingerprint density at radius 1 is 0.794 bits per heavy atom. The third-order valence-corrected chi connectivity index (χ3v) is 7.94. The summed E-state index contributed by atoms with van der Waals surface area (Å²) in [4.78, 5) is 13.3. The van der Waals surface area contributed by atoms with Crippen molar-refractivity contribution in [3.05, 3.63) is 0 Å². The van der Waals surface area contributed by atoms with Crippen molar-refractivity contribution < 1.29 is 28.5 Å². The Kier molecular flexibility index (Phi) is 8.49. The number of carbonyl (C=O) groups excluding carboxylic acids is 1. The van der Waals surface area contributed by atoms with Crippen molar-refractivity contribution in [2.24, 2.45) is 11.3 Å². The van der Waals surface area contributed by atoms with Gasteiger partial charge in [0.25, 0.3) is 0 Å². The normalized spacial score (nSPS) is 34.6. The first-order valence-corrected chi connectivity index (χ1v) is 13.7. The van der Waals surface area contributed by atoms with Crippen molar-refractivity contribution in [2.75, 3.05) is 0 Å². The van der Waals surface area contributed by atoms with Gasteiger partial charge in [0.15, 0.2) is 12.6 Å². The molecule has 6 nitrogen and oxygen atoms in total. The molecule has 198 valence electrons. The van der Waals surface area contributed by atoms with Crippen LogP contribution in [0.3, 0.4) is 0 Å². The smallest absolute Gasteiger partial charge is 0.312 e. The van der Waals surface area contributed by atoms with Gasteiger partial charge in [-0.15, -0.1) is 0 Å². The van der Waals surface area contributed by atoms with E-state index < -0.39 is 22.2 Å². The SMILES string of the molecule is CCC(OC(C)C)OC12CC3CC(OC(=O)C(C)(C)CC)(C1)CC(OC(CC)OC(C)C)(C3)C2. The van der Waals surface area contributed by atoms with E-state index in [0.717, 1.165) is 44.9 Å². The second kappa shape index (κ2) is 10.4. The second-order valence-electron chi connectivity index (χ2n) is 12.5. The summed E-state index contributed by atoms with van der Waals surface area (Å²) in [6.45, 7) is 18.4. The van der Waals surface area contributed by atoms with E-state index in [9.17, 15) is 4.79 Å². The lowest BCUT2D eigenvalue weighted by Crippen LogP contribution is -2.69. The van der Waals surface area contributed by atoms with Crippen LogP contribution in [-0.2, 0) is 28.5 Å². The van der Waals surface area contributed by atoms with Crippen LogP contribution in [0, 0.1) is 11.3 Å². The van der Waals surface area contributed by atoms with Gasteiger partial charge in [0.05, 0.1) is 28.8 Å². The maximum Gasteiger partial charge on any atom is 0.312 e. The van der Waals surface area contributed by atoms with Gasteiger partial charge >= 0.3 is 5.97 Å². The van der Waals surface area contributed by atoms with E-state index in [0.29, 0.717) is 18.8 Å². The predicted molar refractivity (Wildman–Crippen MR) is 132 cm³/mol. The summed E-state index contributed by atoms with van der Waals surface area (Å²) in [6.07, 6.45) is 6.97. The molecule has 6 heteroatoms. The molecular formula is C28H50O6. The summed E-state index contributed by atoms with van der Waals surface area (Å²) in [5.41, 5.74) is -1.90. The van der Waals surface area contributed by atoms with Crippen LogP contribution in [-0.4, -0.2) is 47.6 Å². The largest absolute Gasteiger partial charge is 0.458 e. The highest BCUT2D eigenvalue weighted by Crippen LogP contribution is 2.64. The number of hydrogen-bond acceptors (Lipinski definition) is 6. The van der Waals surface area contributed by atoms with Crippen LogP contribution in [0.2, 0.25) is 0 Å². The van der Waals surface area contributed by atoms with Crippen molar-refractivity contribution in [3.8, 4) is 0 Å². The zero-order valence-electron chi connectivity index (χ0n) is 23.2. The van der Waals surface area contributed by atoms with E-state index in [1.165, 1.54) is 0 Å². The summed E-state index contributed by atoms with van der Waals surface area (Å²) < 4.78 is 32.3. The highest BCUT2D eigenvalue weighted by atomic mass is 16.7. The topological polar surface area (TPSA) is 63.2 Å². The maximum absolute atomic E-state index is 13.3. The minimum Gasteiger partial charge on any atom is -0.458 e. The Morgan fingerprint density at radius 2 is 1.21 bits per heavy atom. The third-order valence-electron chi connectivity index (χ3n) is 7.94. The second-order valence-corrected chi connectivity index (χ2v) is 12.5. The molecule has 4 saturated carbocycles. The molecular weight excluding hydrogens is 432 g/mol. The predicted octanol–water partition coefficient (Wildman–Crippen LogP) is 6.54. The first-order chi connectivity index (χ1) is 15.8. The number of rotatable bonds is 13. The van der Waals surface area contributed by atoms with E-state index in [1.54, 1.807) is 0 Å². The molecule has 34 heavy (non-hydrogen) atoms. The van der Waals surface area contributed by atoms with Gasteiger partial charge in [-0.3, -0.25) is 4.79 Å². The van der Waals surface area contributed by atoms with Gasteiger partial charge < -0.3 is 23.7 Å². The fourth-order valence-electron chi connectivity index (χ4n) is 6.61. The average Bonchev–Trinajstić information content (AvgIpc) is 2.70. The molecule has 0 saturated heterocycles. The minimum atomic E-state index is -0.560. The summed E-state index contributed by atoms with van der Waals surface area (Å²) in [6, 6.07) is 0. The van der Waals surface area contributed by atoms with Crippen LogP contribution in [0.25, 0.3) is 0 Å². The number of esters is 1. The molecule has 0 heterocycles. The Hall–Kier alpha value is -0.690. The van der Waals surface area contributed by atoms with Gasteiger partial charge in [-0.05, 0) is 86.0 Å². The van der Waals surface area contributed by atoms with Gasteiger partial charge in [0, 0.05) is 19.3 Å². The first kappa shape index (κ1) is 27.9. The molecule has 4 atom stereocenters. The molecule has 0 spiro atoms. The Morgan fingerprint density at radius 3 is 1.59 bits per heavy atom. The lowest BCUT2D eigenvalue weighted by atomic mass is 9.50. The molecule has 0 N–H and O–H groups in total. The molecule has 0 radical (unpaired) electrons. The van der Waals surface area contributed by atoms with Crippen LogP contribution in [0.4, 0.5) is 0 Å². The van der Waals surface area contributed by atoms with E-state index in [-0.39, 0.29) is 30.8 Å². The highest BCUT2D eigenvalue weighted by molar-refractivity contribution is 5.76. The van der Waals surface area contributed by atoms with Crippen LogP contribution >= 0.6 is 0 Å². The van der Waals surface area contributed by atoms with Gasteiger partial charge in [-0.1, -0.05) is 20.8 Å². The highest BCUT2D eigenvalue weighted by Gasteiger charge is 2.67. The number of carbonyl (C=O) groups is 1. The molecule has 0 aromatic rings. The summed E-state index contributed by atoms with van der Waals surface area (Å²) in [7, 11) is 0. The zero-order valence-corrected chi connectivity index (χ0v) is 23.2. The van der Waals surface area contributed by atoms with Crippen LogP contribution in [0.15, 0.2) is 0 Å². The van der Waals surface area contributed by atoms with Gasteiger partial charge in [-0.2, -0.15) is 0 Å². The molecule has 4 fully saturated rings. The van der Waals surface area contributed by atoms with Crippen molar-refractivity contribution in [3.63, 3.8) is 0 Å². The van der Waals surface area contributed by atoms with Crippen molar-refractivity contribution >= 4 is 5.97 Å². The Balaban J connectivity index is 1.93. The Labute approximate surface area is 207 Å². The van der Waals surface area contributed by atoms with Gasteiger partial charge in [0.2, 0.25) is 0 Å². The molecule has 4 unspecified atom stereocenters. The molecule has 4 aliphatic rings. The molecule has 4 aliphatic carbocycles. The fourth-order valence-corrected chi connectivity index (χ4v) is 6.61. The van der Waals surface area contributed by atoms with E-state index in [4.69, 9.17) is 23.7 Å². The standard InChI is InChI=1S/C28H50O6/c1-10-22(30-19(4)5)32-26-13-21-14-27(16-26,33-23(11-2)31-20(6)7)18-28(15-21,17-26)34-24(29)25(8,9)12-3/h19-23H,10-18H2,1-9H3. The summed E-state index contributed by atoms with van der Waals surface area (Å²) in [5, 5.41) is 0. The minimum absolute atomic E-state index is 0.0881. The number of ether oxygens (including phenoxy) is 5. The van der Waals surface area contributed by atoms with E-state index in [1.807, 2.05) is 48.5 Å². The van der Waals surface area contributed by atoms with Gasteiger partial charge in [-0.25, -0.2) is 0 Å². The molecule has 4 bridgehead atoms. The van der Waals surface area contributed by atoms with Crippen LogP contribution in [0.5, 0.6) is 0 Å². The van der Waals surface area contributed by atoms with Crippen molar-refractivity contribution in [1.29, 1.82) is 0 Å². The molecule has 0 amide bonds. The average molecular weight is 483 g/mol. The number of hydrogen-bond donors (Lipinski definition) is 0. The Bertz CT molecular complexity index is 665. The van der Waals surface area contributed by atoms with Crippen molar-refractivity contribution in [2.45, 2.75) is 162 Å². The maximum atomic E-state index is 13.3. The lowest BCUT2D eigenvalue weighted by Gasteiger charge is -2.65. The monoisotopic (exact) mass is 482 g/mol. The lowest BCUT2D eigenvalue weighted by molar-refractivity contribution is -0.343. The quantitative estimate of drug-likeness (QED) is 0.219. The van der Waals surface area contributed by atoms with Gasteiger partial charge in [0.1, 0.15) is 5.60 Å². The zero-order chi connectivity index (χ0) is 25.4. The van der Waals surface area contributed by atoms with Crippen LogP contribution in [0.1, 0.15) is 120 Å². The fraction of sp³-hybridized carbons (Fsp3) is 0.964. The molecule has 0 aliphatic heterocycles. The van der Waals surface area contributed by atoms with Crippen LogP contribution < -0.4 is 0 Å². The summed E-state index contributed by atoms with van der Waals surface area (Å²) in [5.74, 6) is 0.278. The van der Waals surface area contributed by atoms with E-state index >= 15 is 0 Å². The molecule has 0 aromatic carbocycles. The molecule has 4 rings (SSSR count). The van der Waals surface area contributed by atoms with E-state index in [2.05, 4.69) is 13.8 Å². The molecule has 0 aromatic heterocycles. The third kappa shape index (κ3) is 6.16. The first-order valence-electron chi connectivity index (χ1n) is 13.7.